The summed E-state index contributed by atoms with van der Waals surface area (Å²) in [5.41, 5.74) is 2.95. The Labute approximate surface area is 239 Å². The molecule has 4 saturated carbocycles. The fraction of sp³-hybridized carbons (Fsp3) is 0.556. The van der Waals surface area contributed by atoms with Crippen LogP contribution >= 0.6 is 0 Å². The van der Waals surface area contributed by atoms with Gasteiger partial charge in [0.25, 0.3) is 0 Å². The highest BCUT2D eigenvalue weighted by Crippen LogP contribution is 2.75. The van der Waals surface area contributed by atoms with E-state index in [2.05, 4.69) is 50.7 Å². The third-order valence-electron chi connectivity index (χ3n) is 12.5. The van der Waals surface area contributed by atoms with Gasteiger partial charge in [-0.1, -0.05) is 46.8 Å². The quantitative estimate of drug-likeness (QED) is 0.371. The Morgan fingerprint density at radius 2 is 1.60 bits per heavy atom. The summed E-state index contributed by atoms with van der Waals surface area (Å²) in [5.74, 6) is 2.04. The van der Waals surface area contributed by atoms with Crippen LogP contribution in [0.3, 0.4) is 0 Å². The largest absolute Gasteiger partial charge is 0.295 e. The van der Waals surface area contributed by atoms with E-state index < -0.39 is 0 Å². The number of fused-ring (bicyclic) bond motifs is 5. The lowest BCUT2D eigenvalue weighted by Gasteiger charge is -2.69. The third-order valence-corrected chi connectivity index (χ3v) is 12.5. The van der Waals surface area contributed by atoms with Crippen molar-refractivity contribution in [3.63, 3.8) is 0 Å². The summed E-state index contributed by atoms with van der Waals surface area (Å²) in [6, 6.07) is 7.88. The van der Waals surface area contributed by atoms with E-state index in [9.17, 15) is 9.59 Å². The maximum Gasteiger partial charge on any atom is 0.164 e. The molecule has 0 radical (unpaired) electrons. The van der Waals surface area contributed by atoms with Gasteiger partial charge >= 0.3 is 0 Å². The predicted molar refractivity (Wildman–Crippen MR) is 160 cm³/mol. The molecule has 4 aliphatic carbocycles. The van der Waals surface area contributed by atoms with Crippen LogP contribution in [0.1, 0.15) is 90.7 Å². The summed E-state index contributed by atoms with van der Waals surface area (Å²) in [4.78, 5) is 35.8. The first kappa shape index (κ1) is 27.3. The number of carbonyl (C=O) groups excluding carboxylic acids is 2. The van der Waals surface area contributed by atoms with Crippen molar-refractivity contribution in [2.24, 2.45) is 45.3 Å². The Kier molecular flexibility index (Phi) is 6.55. The fourth-order valence-corrected chi connectivity index (χ4v) is 10.5. The van der Waals surface area contributed by atoms with Crippen molar-refractivity contribution in [2.45, 2.75) is 79.6 Å². The van der Waals surface area contributed by atoms with Gasteiger partial charge in [0.2, 0.25) is 0 Å². The third kappa shape index (κ3) is 4.00. The van der Waals surface area contributed by atoms with Gasteiger partial charge < -0.3 is 0 Å². The first-order chi connectivity index (χ1) is 19.0. The van der Waals surface area contributed by atoms with Crippen LogP contribution in [0.15, 0.2) is 60.7 Å². The molecular weight excluding hydrogens is 492 g/mol. The van der Waals surface area contributed by atoms with Crippen LogP contribution in [0.5, 0.6) is 0 Å². The van der Waals surface area contributed by atoms with Crippen LogP contribution in [0, 0.1) is 45.3 Å². The molecule has 0 amide bonds. The van der Waals surface area contributed by atoms with Gasteiger partial charge in [0, 0.05) is 36.1 Å². The van der Waals surface area contributed by atoms with Gasteiger partial charge in [-0.2, -0.15) is 0 Å². The minimum atomic E-state index is -0.383. The molecule has 0 aromatic carbocycles. The summed E-state index contributed by atoms with van der Waals surface area (Å²) in [7, 11) is 0. The van der Waals surface area contributed by atoms with Crippen LogP contribution in [-0.4, -0.2) is 21.5 Å². The minimum absolute atomic E-state index is 0.0514. The van der Waals surface area contributed by atoms with Crippen molar-refractivity contribution in [3.05, 3.63) is 71.8 Å². The zero-order valence-corrected chi connectivity index (χ0v) is 24.8. The van der Waals surface area contributed by atoms with Gasteiger partial charge in [0.1, 0.15) is 0 Å². The van der Waals surface area contributed by atoms with E-state index in [0.29, 0.717) is 29.3 Å². The molecule has 0 N–H and O–H groups in total. The summed E-state index contributed by atoms with van der Waals surface area (Å²) in [6.45, 7) is 12.0. The van der Waals surface area contributed by atoms with Crippen LogP contribution in [-0.2, 0) is 9.59 Å². The van der Waals surface area contributed by atoms with Gasteiger partial charge in [0.15, 0.2) is 11.6 Å². The number of ketones is 2. The molecule has 4 nitrogen and oxygen atoms in total. The first-order valence-corrected chi connectivity index (χ1v) is 15.3. The molecule has 6 rings (SSSR count). The van der Waals surface area contributed by atoms with Gasteiger partial charge in [-0.3, -0.25) is 19.6 Å². The molecule has 210 valence electrons. The number of Topliss-reactive ketones (excluding diaryl/α,β-unsaturated/α-hetero) is 1. The number of nitrogens with zero attached hydrogens (tertiary/aromatic N) is 2. The lowest BCUT2D eigenvalue weighted by atomic mass is 9.35. The second-order valence-electron chi connectivity index (χ2n) is 14.5. The summed E-state index contributed by atoms with van der Waals surface area (Å²) >= 11 is 0. The molecule has 0 aliphatic heterocycles. The van der Waals surface area contributed by atoms with Crippen molar-refractivity contribution in [1.82, 2.24) is 9.97 Å². The van der Waals surface area contributed by atoms with Gasteiger partial charge in [-0.25, -0.2) is 0 Å². The van der Waals surface area contributed by atoms with Crippen LogP contribution < -0.4 is 0 Å². The number of pyridine rings is 2. The SMILES string of the molecule is CC1(C)C(=O)/C(=C\c2cccnc2)C[C@]2(C)[C@H]3CC[C@@H]4[C@@H](C(=O)/C=C/c5ccncc5)CC[C@@]4(C)[C@]3(C)CC[C@@H]12. The van der Waals surface area contributed by atoms with Crippen molar-refractivity contribution < 1.29 is 9.59 Å². The van der Waals surface area contributed by atoms with Gasteiger partial charge in [0.05, 0.1) is 0 Å². The first-order valence-electron chi connectivity index (χ1n) is 15.3. The highest BCUT2D eigenvalue weighted by molar-refractivity contribution is 6.04. The molecule has 4 heteroatoms. The second kappa shape index (κ2) is 9.60. The average Bonchev–Trinajstić information content (AvgIpc) is 3.30. The smallest absolute Gasteiger partial charge is 0.164 e. The molecule has 0 saturated heterocycles. The molecule has 4 aliphatic rings. The predicted octanol–water partition coefficient (Wildman–Crippen LogP) is 8.01. The van der Waals surface area contributed by atoms with Gasteiger partial charge in [-0.15, -0.1) is 0 Å². The summed E-state index contributed by atoms with van der Waals surface area (Å²) in [5, 5.41) is 0. The molecule has 0 unspecified atom stereocenters. The fourth-order valence-electron chi connectivity index (χ4n) is 10.5. The van der Waals surface area contributed by atoms with Crippen molar-refractivity contribution in [1.29, 1.82) is 0 Å². The number of aromatic nitrogens is 2. The topological polar surface area (TPSA) is 59.9 Å². The van der Waals surface area contributed by atoms with E-state index in [1.54, 1.807) is 18.6 Å². The van der Waals surface area contributed by atoms with Gasteiger partial charge in [-0.05, 0) is 126 Å². The van der Waals surface area contributed by atoms with Crippen LogP contribution in [0.4, 0.5) is 0 Å². The molecule has 7 atom stereocenters. The molecule has 0 spiro atoms. The van der Waals surface area contributed by atoms with E-state index in [-0.39, 0.29) is 27.6 Å². The van der Waals surface area contributed by atoms with Crippen LogP contribution in [0.2, 0.25) is 0 Å². The standard InChI is InChI=1S/C36H44N2O2/c1-33(2)30-13-17-36(5)31(34(30,3)22-26(32(33)40)21-25-7-6-18-38-23-25)11-9-28-27(12-16-35(28,36)4)29(39)10-8-24-14-19-37-20-15-24/h6-8,10,14-15,18-21,23,27-28,30-31H,9,11-13,16-17,22H2,1-5H3/b10-8+,26-21-/t27-,28+,30-,31+,34-,35+,36+/m0/s1. The normalized spacial score (nSPS) is 39.5. The van der Waals surface area contributed by atoms with Crippen molar-refractivity contribution in [2.75, 3.05) is 0 Å². The van der Waals surface area contributed by atoms with E-state index in [4.69, 9.17) is 0 Å². The molecule has 2 aromatic heterocycles. The second-order valence-corrected chi connectivity index (χ2v) is 14.5. The Morgan fingerprint density at radius 3 is 2.33 bits per heavy atom. The lowest BCUT2D eigenvalue weighted by molar-refractivity contribution is -0.196. The number of rotatable bonds is 4. The minimum Gasteiger partial charge on any atom is -0.295 e. The average molecular weight is 537 g/mol. The van der Waals surface area contributed by atoms with Crippen molar-refractivity contribution >= 4 is 23.7 Å². The molecule has 0 bridgehead atoms. The van der Waals surface area contributed by atoms with E-state index in [0.717, 1.165) is 61.6 Å². The molecule has 2 aromatic rings. The maximum absolute atomic E-state index is 13.9. The number of carbonyl (C=O) groups is 2. The van der Waals surface area contributed by atoms with E-state index >= 15 is 0 Å². The molecule has 4 fully saturated rings. The Morgan fingerprint density at radius 1 is 0.850 bits per heavy atom. The highest BCUT2D eigenvalue weighted by atomic mass is 16.1. The zero-order chi connectivity index (χ0) is 28.3. The zero-order valence-electron chi connectivity index (χ0n) is 24.8. The Bertz CT molecular complexity index is 1360. The maximum atomic E-state index is 13.9. The number of allylic oxidation sites excluding steroid dienone is 2. The van der Waals surface area contributed by atoms with E-state index in [1.807, 2.05) is 42.6 Å². The van der Waals surface area contributed by atoms with Crippen LogP contribution in [0.25, 0.3) is 12.2 Å². The number of hydrogen-bond donors (Lipinski definition) is 0. The monoisotopic (exact) mass is 536 g/mol. The molecule has 2 heterocycles. The number of hydrogen-bond acceptors (Lipinski definition) is 4. The van der Waals surface area contributed by atoms with Crippen molar-refractivity contribution in [3.8, 4) is 0 Å². The van der Waals surface area contributed by atoms with E-state index in [1.165, 1.54) is 0 Å². The Balaban J connectivity index is 1.31. The molecular formula is C36H44N2O2. The highest BCUT2D eigenvalue weighted by Gasteiger charge is 2.69. The lowest BCUT2D eigenvalue weighted by Crippen LogP contribution is -2.63. The Hall–Kier alpha value is -2.88. The summed E-state index contributed by atoms with van der Waals surface area (Å²) in [6.07, 6.45) is 20.5. The molecule has 40 heavy (non-hydrogen) atoms. The summed E-state index contributed by atoms with van der Waals surface area (Å²) < 4.78 is 0.